The van der Waals surface area contributed by atoms with E-state index >= 15 is 0 Å². The van der Waals surface area contributed by atoms with Crippen molar-refractivity contribution in [1.82, 2.24) is 10.1 Å². The van der Waals surface area contributed by atoms with Gasteiger partial charge in [0.25, 0.3) is 0 Å². The molecule has 38 heavy (non-hydrogen) atoms. The molecule has 8 nitrogen and oxygen atoms in total. The second-order valence-electron chi connectivity index (χ2n) is 10.1. The Labute approximate surface area is 218 Å². The van der Waals surface area contributed by atoms with Gasteiger partial charge in [-0.1, -0.05) is 23.4 Å². The normalized spacial score (nSPS) is 22.6. The van der Waals surface area contributed by atoms with Crippen molar-refractivity contribution >= 4 is 11.8 Å². The lowest BCUT2D eigenvalue weighted by molar-refractivity contribution is -0.0494. The maximum absolute atomic E-state index is 13.0. The van der Waals surface area contributed by atoms with E-state index in [2.05, 4.69) is 15.0 Å². The number of nitrogens with zero attached hydrogens (tertiary/aromatic N) is 3. The summed E-state index contributed by atoms with van der Waals surface area (Å²) in [5, 5.41) is 4.27. The van der Waals surface area contributed by atoms with Crippen molar-refractivity contribution in [2.24, 2.45) is 0 Å². The van der Waals surface area contributed by atoms with Gasteiger partial charge in [0.2, 0.25) is 0 Å². The van der Waals surface area contributed by atoms with Crippen molar-refractivity contribution in [2.45, 2.75) is 75.8 Å². The summed E-state index contributed by atoms with van der Waals surface area (Å²) in [7, 11) is 1.35. The fourth-order valence-electron chi connectivity index (χ4n) is 5.82. The molecular formula is C28H29F2N3O5. The first-order valence-electron chi connectivity index (χ1n) is 13.0. The van der Waals surface area contributed by atoms with E-state index in [0.29, 0.717) is 17.0 Å². The quantitative estimate of drug-likeness (QED) is 0.328. The smallest absolute Gasteiger partial charge is 0.387 e. The van der Waals surface area contributed by atoms with Crippen molar-refractivity contribution in [2.75, 3.05) is 12.0 Å². The van der Waals surface area contributed by atoms with Crippen LogP contribution in [0.3, 0.4) is 0 Å². The molecule has 1 saturated carbocycles. The first-order chi connectivity index (χ1) is 18.5. The molecule has 2 aromatic heterocycles. The molecule has 1 unspecified atom stereocenters. The molecule has 0 spiro atoms. The average molecular weight is 526 g/mol. The minimum absolute atomic E-state index is 0.0231. The Bertz CT molecular complexity index is 1300. The zero-order chi connectivity index (χ0) is 26.2. The second-order valence-corrected chi connectivity index (χ2v) is 10.1. The number of aromatic nitrogens is 2. The average Bonchev–Trinajstić information content (AvgIpc) is 3.63. The van der Waals surface area contributed by atoms with E-state index < -0.39 is 12.6 Å². The number of methoxy groups -OCH3 is 1. The van der Waals surface area contributed by atoms with Gasteiger partial charge in [-0.05, 0) is 62.8 Å². The highest BCUT2D eigenvalue weighted by molar-refractivity contribution is 5.87. The number of esters is 1. The van der Waals surface area contributed by atoms with Gasteiger partial charge in [-0.3, -0.25) is 0 Å². The van der Waals surface area contributed by atoms with Gasteiger partial charge in [0.1, 0.15) is 23.0 Å². The topological polar surface area (TPSA) is 86.9 Å². The fraction of sp³-hybridized carbons (Fsp3) is 0.464. The van der Waals surface area contributed by atoms with Gasteiger partial charge in [0, 0.05) is 29.1 Å². The summed E-state index contributed by atoms with van der Waals surface area (Å²) >= 11 is 0. The van der Waals surface area contributed by atoms with Crippen molar-refractivity contribution in [3.8, 4) is 17.0 Å². The largest absolute Gasteiger partial charge is 0.464 e. The molecule has 0 N–H and O–H groups in total. The molecule has 0 radical (unpaired) electrons. The maximum atomic E-state index is 13.0. The van der Waals surface area contributed by atoms with Gasteiger partial charge in [-0.15, -0.1) is 0 Å². The Balaban J connectivity index is 1.19. The van der Waals surface area contributed by atoms with E-state index in [0.717, 1.165) is 55.7 Å². The lowest BCUT2D eigenvalue weighted by atomic mass is 9.99. The predicted octanol–water partition coefficient (Wildman–Crippen LogP) is 5.72. The Morgan fingerprint density at radius 2 is 1.84 bits per heavy atom. The van der Waals surface area contributed by atoms with E-state index in [9.17, 15) is 13.6 Å². The van der Waals surface area contributed by atoms with Crippen molar-refractivity contribution in [3.05, 3.63) is 59.5 Å². The Hall–Kier alpha value is -3.53. The molecule has 2 saturated heterocycles. The number of carbonyl (C=O) groups excluding carboxylic acids is 1. The van der Waals surface area contributed by atoms with Crippen LogP contribution in [0.15, 0.2) is 47.0 Å². The zero-order valence-corrected chi connectivity index (χ0v) is 21.0. The van der Waals surface area contributed by atoms with Crippen LogP contribution in [0.25, 0.3) is 11.3 Å². The molecule has 3 aromatic rings. The minimum atomic E-state index is -2.94. The number of pyridine rings is 1. The summed E-state index contributed by atoms with van der Waals surface area (Å²) < 4.78 is 47.9. The highest BCUT2D eigenvalue weighted by Crippen LogP contribution is 2.46. The van der Waals surface area contributed by atoms with E-state index in [4.69, 9.17) is 18.7 Å². The Morgan fingerprint density at radius 3 is 2.55 bits per heavy atom. The minimum Gasteiger partial charge on any atom is -0.464 e. The predicted molar refractivity (Wildman–Crippen MR) is 133 cm³/mol. The lowest BCUT2D eigenvalue weighted by Crippen LogP contribution is -2.46. The summed E-state index contributed by atoms with van der Waals surface area (Å²) in [6, 6.07) is 12.6. The van der Waals surface area contributed by atoms with Gasteiger partial charge in [0.05, 0.1) is 19.8 Å². The number of rotatable bonds is 9. The van der Waals surface area contributed by atoms with Gasteiger partial charge < -0.3 is 23.6 Å². The second kappa shape index (κ2) is 10.3. The van der Waals surface area contributed by atoms with E-state index in [1.54, 1.807) is 24.3 Å². The molecule has 3 aliphatic rings. The number of hydrogen-bond acceptors (Lipinski definition) is 8. The number of alkyl halides is 2. The highest BCUT2D eigenvalue weighted by atomic mass is 19.3. The summed E-state index contributed by atoms with van der Waals surface area (Å²) in [6.07, 6.45) is 5.75. The van der Waals surface area contributed by atoms with Crippen LogP contribution in [0.5, 0.6) is 5.75 Å². The zero-order valence-electron chi connectivity index (χ0n) is 21.0. The SMILES string of the molecule is COC(=O)c1cccc(N2[C@@H]3CC[C@H]2CC(OCc2c(-c4ccccc4OC(F)F)noc2C2CC2)C3)n1. The third-order valence-corrected chi connectivity index (χ3v) is 7.67. The van der Waals surface area contributed by atoms with Crippen LogP contribution >= 0.6 is 0 Å². The van der Waals surface area contributed by atoms with Gasteiger partial charge >= 0.3 is 12.6 Å². The maximum Gasteiger partial charge on any atom is 0.387 e. The lowest BCUT2D eigenvalue weighted by Gasteiger charge is -2.39. The summed E-state index contributed by atoms with van der Waals surface area (Å²) in [5.41, 5.74) is 2.06. The van der Waals surface area contributed by atoms with Crippen LogP contribution in [-0.4, -0.2) is 48.0 Å². The van der Waals surface area contributed by atoms with Crippen molar-refractivity contribution < 1.29 is 32.3 Å². The van der Waals surface area contributed by atoms with Crippen LogP contribution in [0.2, 0.25) is 0 Å². The summed E-state index contributed by atoms with van der Waals surface area (Å²) in [5.74, 6) is 1.45. The highest BCUT2D eigenvalue weighted by Gasteiger charge is 2.42. The molecule has 3 fully saturated rings. The monoisotopic (exact) mass is 525 g/mol. The molecule has 200 valence electrons. The first-order valence-corrected chi connectivity index (χ1v) is 13.0. The van der Waals surface area contributed by atoms with Crippen molar-refractivity contribution in [3.63, 3.8) is 0 Å². The number of hydrogen-bond donors (Lipinski definition) is 0. The summed E-state index contributed by atoms with van der Waals surface area (Å²) in [6.45, 7) is -2.65. The molecule has 3 atom stereocenters. The molecule has 2 bridgehead atoms. The molecule has 4 heterocycles. The molecular weight excluding hydrogens is 496 g/mol. The number of carbonyl (C=O) groups is 1. The third-order valence-electron chi connectivity index (χ3n) is 7.67. The van der Waals surface area contributed by atoms with E-state index in [-0.39, 0.29) is 36.5 Å². The standard InChI is InChI=1S/C28H29F2N3O5/c1-35-27(34)22-6-4-8-24(31-22)33-17-11-12-18(33)14-19(13-17)36-15-21-25(32-38-26(21)16-9-10-16)20-5-2-3-7-23(20)37-28(29)30/h2-8,16-19,28H,9-15H2,1H3/t17-,18+,19?. The van der Waals surface area contributed by atoms with Crippen LogP contribution in [0, 0.1) is 0 Å². The molecule has 10 heteroatoms. The molecule has 0 amide bonds. The third kappa shape index (κ3) is 4.84. The van der Waals surface area contributed by atoms with E-state index in [1.165, 1.54) is 13.2 Å². The van der Waals surface area contributed by atoms with Gasteiger partial charge in [0.15, 0.2) is 5.69 Å². The first kappa shape index (κ1) is 24.8. The number of ether oxygens (including phenoxy) is 3. The molecule has 1 aliphatic carbocycles. The number of piperidine rings is 1. The molecule has 1 aromatic carbocycles. The molecule has 2 aliphatic heterocycles. The number of para-hydroxylation sites is 1. The van der Waals surface area contributed by atoms with Gasteiger partial charge in [-0.2, -0.15) is 8.78 Å². The van der Waals surface area contributed by atoms with Crippen LogP contribution in [0.4, 0.5) is 14.6 Å². The number of fused-ring (bicyclic) bond motifs is 2. The van der Waals surface area contributed by atoms with Crippen LogP contribution in [0.1, 0.15) is 66.3 Å². The van der Waals surface area contributed by atoms with Gasteiger partial charge in [-0.25, -0.2) is 9.78 Å². The van der Waals surface area contributed by atoms with Crippen LogP contribution in [-0.2, 0) is 16.1 Å². The van der Waals surface area contributed by atoms with Crippen molar-refractivity contribution in [1.29, 1.82) is 0 Å². The fourth-order valence-corrected chi connectivity index (χ4v) is 5.82. The number of halogens is 2. The number of anilines is 1. The number of benzene rings is 1. The Morgan fingerprint density at radius 1 is 1.08 bits per heavy atom. The summed E-state index contributed by atoms with van der Waals surface area (Å²) in [4.78, 5) is 18.8. The Kier molecular flexibility index (Phi) is 6.73. The molecule has 6 rings (SSSR count). The van der Waals surface area contributed by atoms with E-state index in [1.807, 2.05) is 12.1 Å². The van der Waals surface area contributed by atoms with Crippen LogP contribution < -0.4 is 9.64 Å².